The number of aromatic nitrogens is 2. The van der Waals surface area contributed by atoms with Gasteiger partial charge in [-0.15, -0.1) is 11.3 Å². The van der Waals surface area contributed by atoms with Gasteiger partial charge in [-0.25, -0.2) is 4.98 Å². The first-order valence-corrected chi connectivity index (χ1v) is 8.49. The molecule has 5 heteroatoms. The van der Waals surface area contributed by atoms with E-state index >= 15 is 0 Å². The van der Waals surface area contributed by atoms with Crippen molar-refractivity contribution in [2.75, 3.05) is 20.1 Å². The molecule has 0 bridgehead atoms. The van der Waals surface area contributed by atoms with Gasteiger partial charge in [0.1, 0.15) is 5.01 Å². The smallest absolute Gasteiger partial charge is 0.142 e. The fraction of sp³-hybridized carbons (Fsp3) is 0.500. The first kappa shape index (κ1) is 14.6. The van der Waals surface area contributed by atoms with E-state index in [4.69, 9.17) is 4.98 Å². The monoisotopic (exact) mass is 302 g/mol. The highest BCUT2D eigenvalue weighted by Crippen LogP contribution is 2.24. The third-order valence-corrected chi connectivity index (χ3v) is 4.90. The van der Waals surface area contributed by atoms with Crippen molar-refractivity contribution in [2.24, 2.45) is 0 Å². The predicted molar refractivity (Wildman–Crippen MR) is 87.3 cm³/mol. The van der Waals surface area contributed by atoms with Crippen molar-refractivity contribution in [1.82, 2.24) is 20.2 Å². The highest BCUT2D eigenvalue weighted by molar-refractivity contribution is 7.13. The lowest BCUT2D eigenvalue weighted by Gasteiger charge is -2.35. The van der Waals surface area contributed by atoms with Gasteiger partial charge in [-0.3, -0.25) is 9.88 Å². The Morgan fingerprint density at radius 2 is 2.33 bits per heavy atom. The number of likely N-dealkylation sites (tertiary alicyclic amines) is 1. The van der Waals surface area contributed by atoms with Gasteiger partial charge in [0.2, 0.25) is 0 Å². The molecule has 2 aromatic rings. The van der Waals surface area contributed by atoms with Gasteiger partial charge in [0.25, 0.3) is 0 Å². The van der Waals surface area contributed by atoms with E-state index in [9.17, 15) is 0 Å². The molecule has 1 unspecified atom stereocenters. The Hall–Kier alpha value is -1.30. The summed E-state index contributed by atoms with van der Waals surface area (Å²) in [6.07, 6.45) is 5.76. The third kappa shape index (κ3) is 3.67. The predicted octanol–water partition coefficient (Wildman–Crippen LogP) is 2.78. The summed E-state index contributed by atoms with van der Waals surface area (Å²) in [5, 5.41) is 6.51. The second-order valence-corrected chi connectivity index (χ2v) is 6.39. The molecule has 4 nitrogen and oxygen atoms in total. The summed E-state index contributed by atoms with van der Waals surface area (Å²) in [5.41, 5.74) is 2.14. The van der Waals surface area contributed by atoms with Crippen LogP contribution in [0.25, 0.3) is 10.7 Å². The van der Waals surface area contributed by atoms with Crippen LogP contribution in [-0.4, -0.2) is 41.0 Å². The quantitative estimate of drug-likeness (QED) is 0.922. The van der Waals surface area contributed by atoms with Crippen molar-refractivity contribution < 1.29 is 0 Å². The summed E-state index contributed by atoms with van der Waals surface area (Å²) in [7, 11) is 2.04. The second-order valence-electron chi connectivity index (χ2n) is 5.54. The molecule has 1 saturated heterocycles. The Kier molecular flexibility index (Phi) is 4.95. The number of rotatable bonds is 5. The number of hydrogen-bond acceptors (Lipinski definition) is 5. The minimum atomic E-state index is 0.642. The van der Waals surface area contributed by atoms with Crippen LogP contribution in [-0.2, 0) is 6.54 Å². The molecule has 112 valence electrons. The zero-order chi connectivity index (χ0) is 14.5. The van der Waals surface area contributed by atoms with E-state index in [0.717, 1.165) is 23.8 Å². The molecular formula is C16H22N4S. The zero-order valence-corrected chi connectivity index (χ0v) is 13.3. The van der Waals surface area contributed by atoms with E-state index in [1.54, 1.807) is 11.3 Å². The maximum absolute atomic E-state index is 4.76. The summed E-state index contributed by atoms with van der Waals surface area (Å²) >= 11 is 1.69. The van der Waals surface area contributed by atoms with Crippen LogP contribution in [0.1, 0.15) is 25.0 Å². The minimum Gasteiger partial charge on any atom is -0.318 e. The summed E-state index contributed by atoms with van der Waals surface area (Å²) in [6, 6.07) is 6.61. The van der Waals surface area contributed by atoms with Crippen LogP contribution in [0.4, 0.5) is 0 Å². The summed E-state index contributed by atoms with van der Waals surface area (Å²) in [6.45, 7) is 3.20. The molecule has 0 radical (unpaired) electrons. The SMILES string of the molecule is CNCC1CCCCN1Cc1csc(-c2ccccn2)n1. The maximum atomic E-state index is 4.76. The molecule has 21 heavy (non-hydrogen) atoms. The van der Waals surface area contributed by atoms with E-state index in [2.05, 4.69) is 20.6 Å². The number of thiazole rings is 1. The lowest BCUT2D eigenvalue weighted by molar-refractivity contribution is 0.138. The topological polar surface area (TPSA) is 41.0 Å². The molecule has 3 heterocycles. The van der Waals surface area contributed by atoms with Crippen LogP contribution in [0.3, 0.4) is 0 Å². The Balaban J connectivity index is 1.69. The van der Waals surface area contributed by atoms with Crippen molar-refractivity contribution in [3.8, 4) is 10.7 Å². The average molecular weight is 302 g/mol. The largest absolute Gasteiger partial charge is 0.318 e. The van der Waals surface area contributed by atoms with Crippen molar-refractivity contribution in [3.63, 3.8) is 0 Å². The van der Waals surface area contributed by atoms with Gasteiger partial charge in [0, 0.05) is 30.7 Å². The lowest BCUT2D eigenvalue weighted by atomic mass is 10.0. The van der Waals surface area contributed by atoms with Gasteiger partial charge in [-0.05, 0) is 38.6 Å². The van der Waals surface area contributed by atoms with Gasteiger partial charge in [-0.2, -0.15) is 0 Å². The average Bonchev–Trinajstić information content (AvgIpc) is 2.99. The summed E-state index contributed by atoms with van der Waals surface area (Å²) in [5.74, 6) is 0. The molecule has 0 amide bonds. The first-order valence-electron chi connectivity index (χ1n) is 7.61. The molecule has 1 atom stereocenters. The number of hydrogen-bond donors (Lipinski definition) is 1. The van der Waals surface area contributed by atoms with Crippen LogP contribution >= 0.6 is 11.3 Å². The number of nitrogens with zero attached hydrogens (tertiary/aromatic N) is 3. The highest BCUT2D eigenvalue weighted by atomic mass is 32.1. The fourth-order valence-electron chi connectivity index (χ4n) is 2.93. The molecule has 0 spiro atoms. The molecule has 3 rings (SSSR count). The Morgan fingerprint density at radius 3 is 3.14 bits per heavy atom. The van der Waals surface area contributed by atoms with Crippen molar-refractivity contribution in [3.05, 3.63) is 35.5 Å². The third-order valence-electron chi connectivity index (χ3n) is 3.99. The van der Waals surface area contributed by atoms with Gasteiger partial charge in [-0.1, -0.05) is 12.5 Å². The standard InChI is InChI=1S/C16H22N4S/c1-17-10-14-6-3-5-9-20(14)11-13-12-21-16(19-13)15-7-2-4-8-18-15/h2,4,7-8,12,14,17H,3,5-6,9-11H2,1H3. The maximum Gasteiger partial charge on any atom is 0.142 e. The molecule has 1 aliphatic heterocycles. The number of pyridine rings is 1. The van der Waals surface area contributed by atoms with E-state index in [1.807, 2.05) is 31.4 Å². The molecule has 1 aliphatic rings. The van der Waals surface area contributed by atoms with E-state index in [1.165, 1.54) is 31.5 Å². The molecular weight excluding hydrogens is 280 g/mol. The van der Waals surface area contributed by atoms with Crippen LogP contribution in [0, 0.1) is 0 Å². The van der Waals surface area contributed by atoms with Crippen LogP contribution in [0.5, 0.6) is 0 Å². The normalized spacial score (nSPS) is 19.8. The molecule has 2 aromatic heterocycles. The molecule has 0 saturated carbocycles. The van der Waals surface area contributed by atoms with Crippen molar-refractivity contribution >= 4 is 11.3 Å². The number of piperidine rings is 1. The number of nitrogens with one attached hydrogen (secondary N) is 1. The summed E-state index contributed by atoms with van der Waals surface area (Å²) < 4.78 is 0. The summed E-state index contributed by atoms with van der Waals surface area (Å²) in [4.78, 5) is 11.7. The Labute approximate surface area is 130 Å². The van der Waals surface area contributed by atoms with Crippen molar-refractivity contribution in [1.29, 1.82) is 0 Å². The molecule has 0 aromatic carbocycles. The second kappa shape index (κ2) is 7.11. The van der Waals surface area contributed by atoms with Gasteiger partial charge < -0.3 is 5.32 Å². The van der Waals surface area contributed by atoms with Gasteiger partial charge in [0.15, 0.2) is 0 Å². The van der Waals surface area contributed by atoms with Crippen LogP contribution < -0.4 is 5.32 Å². The van der Waals surface area contributed by atoms with E-state index in [-0.39, 0.29) is 0 Å². The Morgan fingerprint density at radius 1 is 1.38 bits per heavy atom. The molecule has 1 N–H and O–H groups in total. The van der Waals surface area contributed by atoms with Gasteiger partial charge >= 0.3 is 0 Å². The zero-order valence-electron chi connectivity index (χ0n) is 12.5. The Bertz CT molecular complexity index is 552. The van der Waals surface area contributed by atoms with Crippen LogP contribution in [0.2, 0.25) is 0 Å². The fourth-order valence-corrected chi connectivity index (χ4v) is 3.72. The van der Waals surface area contributed by atoms with Gasteiger partial charge in [0.05, 0.1) is 11.4 Å². The molecule has 0 aliphatic carbocycles. The minimum absolute atomic E-state index is 0.642. The van der Waals surface area contributed by atoms with Crippen molar-refractivity contribution in [2.45, 2.75) is 31.8 Å². The highest BCUT2D eigenvalue weighted by Gasteiger charge is 2.22. The van der Waals surface area contributed by atoms with E-state index in [0.29, 0.717) is 6.04 Å². The molecule has 1 fully saturated rings. The first-order chi connectivity index (χ1) is 10.4. The van der Waals surface area contributed by atoms with Crippen LogP contribution in [0.15, 0.2) is 29.8 Å². The lowest BCUT2D eigenvalue weighted by Crippen LogP contribution is -2.44. The number of likely N-dealkylation sites (N-methyl/N-ethyl adjacent to an activating group) is 1. The van der Waals surface area contributed by atoms with E-state index < -0.39 is 0 Å².